The lowest BCUT2D eigenvalue weighted by molar-refractivity contribution is -0.151. The number of alkyl halides is 1. The SMILES string of the molecule is Cc1cc2c(c(C3(C)OCCO3)c1)OC(Cl)C(=O)N2. The molecular weight excluding hydrogens is 270 g/mol. The molecule has 0 bridgehead atoms. The minimum absolute atomic E-state index is 0.371. The predicted molar refractivity (Wildman–Crippen MR) is 69.3 cm³/mol. The third-order valence-corrected chi connectivity index (χ3v) is 3.53. The van der Waals surface area contributed by atoms with E-state index in [-0.39, 0.29) is 5.91 Å². The van der Waals surface area contributed by atoms with Gasteiger partial charge in [0, 0.05) is 0 Å². The summed E-state index contributed by atoms with van der Waals surface area (Å²) in [5, 5.41) is 2.72. The summed E-state index contributed by atoms with van der Waals surface area (Å²) in [6, 6.07) is 3.75. The second kappa shape index (κ2) is 4.37. The lowest BCUT2D eigenvalue weighted by Gasteiger charge is -2.30. The van der Waals surface area contributed by atoms with E-state index < -0.39 is 11.4 Å². The Kier molecular flexibility index (Phi) is 2.92. The molecule has 0 radical (unpaired) electrons. The second-order valence-electron chi connectivity index (χ2n) is 4.75. The molecule has 1 amide bonds. The molecule has 2 aliphatic heterocycles. The number of aryl methyl sites for hydroxylation is 1. The maximum atomic E-state index is 11.5. The third-order valence-electron chi connectivity index (χ3n) is 3.25. The number of carbonyl (C=O) groups is 1. The average Bonchev–Trinajstić information content (AvgIpc) is 2.78. The van der Waals surface area contributed by atoms with E-state index in [2.05, 4.69) is 5.32 Å². The van der Waals surface area contributed by atoms with Crippen LogP contribution in [-0.4, -0.2) is 24.7 Å². The van der Waals surface area contributed by atoms with Crippen LogP contribution in [0, 0.1) is 6.92 Å². The van der Waals surface area contributed by atoms with Crippen LogP contribution in [0.5, 0.6) is 5.75 Å². The summed E-state index contributed by atoms with van der Waals surface area (Å²) in [6.45, 7) is 4.81. The number of halogens is 1. The Balaban J connectivity index is 2.12. The molecule has 1 unspecified atom stereocenters. The summed E-state index contributed by atoms with van der Waals surface area (Å²) in [7, 11) is 0. The van der Waals surface area contributed by atoms with Crippen molar-refractivity contribution in [3.05, 3.63) is 23.3 Å². The molecule has 1 aromatic rings. The quantitative estimate of drug-likeness (QED) is 0.802. The molecule has 1 N–H and O–H groups in total. The molecule has 19 heavy (non-hydrogen) atoms. The minimum Gasteiger partial charge on any atom is -0.462 e. The van der Waals surface area contributed by atoms with Crippen LogP contribution < -0.4 is 10.1 Å². The average molecular weight is 284 g/mol. The zero-order valence-corrected chi connectivity index (χ0v) is 11.4. The van der Waals surface area contributed by atoms with Crippen molar-refractivity contribution in [2.24, 2.45) is 0 Å². The summed E-state index contributed by atoms with van der Waals surface area (Å²) in [5.41, 5.74) is 1.27. The number of benzene rings is 1. The van der Waals surface area contributed by atoms with E-state index in [4.69, 9.17) is 25.8 Å². The number of carbonyl (C=O) groups excluding carboxylic acids is 1. The van der Waals surface area contributed by atoms with E-state index in [0.717, 1.165) is 11.1 Å². The Morgan fingerprint density at radius 2 is 2.05 bits per heavy atom. The van der Waals surface area contributed by atoms with Crippen molar-refractivity contribution in [2.75, 3.05) is 18.5 Å². The normalized spacial score (nSPS) is 24.6. The molecule has 2 heterocycles. The van der Waals surface area contributed by atoms with E-state index in [1.165, 1.54) is 0 Å². The molecule has 0 aromatic heterocycles. The molecule has 0 saturated carbocycles. The van der Waals surface area contributed by atoms with Crippen LogP contribution in [0.25, 0.3) is 0 Å². The standard InChI is InChI=1S/C13H14ClNO4/c1-7-5-8(13(2)17-3-4-18-13)10-9(6-7)15-12(16)11(14)19-10/h5-6,11H,3-4H2,1-2H3,(H,15,16). The summed E-state index contributed by atoms with van der Waals surface area (Å²) >= 11 is 5.84. The largest absolute Gasteiger partial charge is 0.462 e. The van der Waals surface area contributed by atoms with Crippen molar-refractivity contribution in [3.63, 3.8) is 0 Å². The van der Waals surface area contributed by atoms with Gasteiger partial charge in [-0.25, -0.2) is 0 Å². The third kappa shape index (κ3) is 2.08. The smallest absolute Gasteiger partial charge is 0.281 e. The summed E-state index contributed by atoms with van der Waals surface area (Å²) in [6.07, 6.45) is 0. The monoisotopic (exact) mass is 283 g/mol. The van der Waals surface area contributed by atoms with Gasteiger partial charge in [-0.1, -0.05) is 11.6 Å². The van der Waals surface area contributed by atoms with Crippen LogP contribution in [0.2, 0.25) is 0 Å². The van der Waals surface area contributed by atoms with Crippen LogP contribution in [0.15, 0.2) is 12.1 Å². The fraction of sp³-hybridized carbons (Fsp3) is 0.462. The van der Waals surface area contributed by atoms with Gasteiger partial charge in [0.05, 0.1) is 24.5 Å². The van der Waals surface area contributed by atoms with Gasteiger partial charge in [0.15, 0.2) is 11.5 Å². The fourth-order valence-electron chi connectivity index (χ4n) is 2.35. The van der Waals surface area contributed by atoms with Crippen molar-refractivity contribution in [3.8, 4) is 5.75 Å². The number of rotatable bonds is 1. The van der Waals surface area contributed by atoms with E-state index in [0.29, 0.717) is 24.7 Å². The number of hydrogen-bond acceptors (Lipinski definition) is 4. The van der Waals surface area contributed by atoms with E-state index in [1.807, 2.05) is 26.0 Å². The van der Waals surface area contributed by atoms with Crippen molar-refractivity contribution < 1.29 is 19.0 Å². The topological polar surface area (TPSA) is 56.8 Å². The highest BCUT2D eigenvalue weighted by atomic mass is 35.5. The van der Waals surface area contributed by atoms with Crippen LogP contribution in [0.3, 0.4) is 0 Å². The molecule has 102 valence electrons. The molecule has 1 saturated heterocycles. The Bertz CT molecular complexity index is 540. The molecule has 1 fully saturated rings. The van der Waals surface area contributed by atoms with Gasteiger partial charge < -0.3 is 19.5 Å². The van der Waals surface area contributed by atoms with Gasteiger partial charge >= 0.3 is 0 Å². The highest BCUT2D eigenvalue weighted by Crippen LogP contribution is 2.43. The van der Waals surface area contributed by atoms with Crippen molar-refractivity contribution in [1.29, 1.82) is 0 Å². The molecule has 3 rings (SSSR count). The molecule has 0 aliphatic carbocycles. The minimum atomic E-state index is -1.04. The summed E-state index contributed by atoms with van der Waals surface area (Å²) in [5.74, 6) is -0.729. The molecule has 2 aliphatic rings. The Hall–Kier alpha value is -1.30. The van der Waals surface area contributed by atoms with Crippen molar-refractivity contribution in [1.82, 2.24) is 0 Å². The predicted octanol–water partition coefficient (Wildman–Crippen LogP) is 2.11. The number of ether oxygens (including phenoxy) is 3. The first-order valence-electron chi connectivity index (χ1n) is 6.04. The number of fused-ring (bicyclic) bond motifs is 1. The van der Waals surface area contributed by atoms with Gasteiger partial charge in [0.1, 0.15) is 0 Å². The van der Waals surface area contributed by atoms with Crippen molar-refractivity contribution in [2.45, 2.75) is 25.2 Å². The zero-order valence-electron chi connectivity index (χ0n) is 10.7. The van der Waals surface area contributed by atoms with Crippen LogP contribution in [0.4, 0.5) is 5.69 Å². The summed E-state index contributed by atoms with van der Waals surface area (Å²) in [4.78, 5) is 11.5. The molecule has 0 spiro atoms. The molecule has 6 heteroatoms. The maximum Gasteiger partial charge on any atom is 0.281 e. The highest BCUT2D eigenvalue weighted by Gasteiger charge is 2.39. The van der Waals surface area contributed by atoms with E-state index >= 15 is 0 Å². The van der Waals surface area contributed by atoms with Gasteiger partial charge in [0.2, 0.25) is 0 Å². The number of nitrogens with one attached hydrogen (secondary N) is 1. The molecule has 1 aromatic carbocycles. The summed E-state index contributed by atoms with van der Waals surface area (Å²) < 4.78 is 16.8. The van der Waals surface area contributed by atoms with Gasteiger partial charge in [-0.15, -0.1) is 0 Å². The molecule has 5 nitrogen and oxygen atoms in total. The van der Waals surface area contributed by atoms with Gasteiger partial charge in [0.25, 0.3) is 11.5 Å². The molecule has 1 atom stereocenters. The maximum absolute atomic E-state index is 11.5. The lowest BCUT2D eigenvalue weighted by Crippen LogP contribution is -2.35. The second-order valence-corrected chi connectivity index (χ2v) is 5.15. The number of anilines is 1. The van der Waals surface area contributed by atoms with Crippen LogP contribution in [-0.2, 0) is 20.1 Å². The Morgan fingerprint density at radius 1 is 1.37 bits per heavy atom. The lowest BCUT2D eigenvalue weighted by atomic mass is 10.0. The van der Waals surface area contributed by atoms with Gasteiger partial charge in [-0.05, 0) is 31.5 Å². The Morgan fingerprint density at radius 3 is 2.74 bits per heavy atom. The highest BCUT2D eigenvalue weighted by molar-refractivity contribution is 6.32. The fourth-order valence-corrected chi connectivity index (χ4v) is 2.49. The zero-order chi connectivity index (χ0) is 13.6. The van der Waals surface area contributed by atoms with E-state index in [1.54, 1.807) is 0 Å². The van der Waals surface area contributed by atoms with Crippen LogP contribution >= 0.6 is 11.6 Å². The first-order chi connectivity index (χ1) is 8.99. The number of hydrogen-bond donors (Lipinski definition) is 1. The number of amides is 1. The first kappa shape index (κ1) is 12.7. The van der Waals surface area contributed by atoms with Gasteiger partial charge in [-0.2, -0.15) is 0 Å². The first-order valence-corrected chi connectivity index (χ1v) is 6.48. The van der Waals surface area contributed by atoms with Gasteiger partial charge in [-0.3, -0.25) is 4.79 Å². The molecular formula is C13H14ClNO4. The van der Waals surface area contributed by atoms with Crippen LogP contribution in [0.1, 0.15) is 18.1 Å². The van der Waals surface area contributed by atoms with Crippen molar-refractivity contribution >= 4 is 23.2 Å². The Labute approximate surface area is 115 Å². The van der Waals surface area contributed by atoms with E-state index in [9.17, 15) is 4.79 Å².